The minimum Gasteiger partial charge on any atom is -0.449 e. The molecular weight excluding hydrogens is 360 g/mol. The summed E-state index contributed by atoms with van der Waals surface area (Å²) in [5.41, 5.74) is 4.37. The van der Waals surface area contributed by atoms with E-state index >= 15 is 4.39 Å². The molecule has 2 fully saturated rings. The van der Waals surface area contributed by atoms with E-state index in [0.717, 1.165) is 18.9 Å². The largest absolute Gasteiger partial charge is 0.511 e. The molecule has 1 aromatic carbocycles. The number of anilines is 1. The van der Waals surface area contributed by atoms with E-state index in [2.05, 4.69) is 4.74 Å². The molecule has 0 radical (unpaired) electrons. The van der Waals surface area contributed by atoms with E-state index in [1.54, 1.807) is 13.8 Å². The first-order valence-corrected chi connectivity index (χ1v) is 8.65. The number of hydrogen-bond donors (Lipinski definition) is 2. The second-order valence-corrected chi connectivity index (χ2v) is 7.56. The summed E-state index contributed by atoms with van der Waals surface area (Å²) in [5, 5.41) is 8.57. The number of hydrogen-bond acceptors (Lipinski definition) is 5. The highest BCUT2D eigenvalue weighted by atomic mass is 19.1. The average molecular weight is 379 g/mol. The van der Waals surface area contributed by atoms with Crippen molar-refractivity contribution in [1.29, 1.82) is 0 Å². The zero-order chi connectivity index (χ0) is 19.7. The van der Waals surface area contributed by atoms with E-state index in [4.69, 9.17) is 10.8 Å². The second kappa shape index (κ2) is 5.66. The van der Waals surface area contributed by atoms with E-state index in [-0.39, 0.29) is 35.2 Å². The maximum absolute atomic E-state index is 15.4. The molecule has 1 saturated heterocycles. The SMILES string of the molecule is C[C@H]1N(c2c(F)cc3c(=O)c(OC(=O)O)cn(C4CC4)c3c2F)C[C@@]1(C)N. The Kier molecular flexibility index (Phi) is 3.71. The number of carbonyl (C=O) groups is 1. The minimum absolute atomic E-state index is 0.0468. The molecule has 9 heteroatoms. The number of pyridine rings is 1. The van der Waals surface area contributed by atoms with Crippen LogP contribution < -0.4 is 20.8 Å². The molecule has 27 heavy (non-hydrogen) atoms. The van der Waals surface area contributed by atoms with Gasteiger partial charge in [0.2, 0.25) is 5.43 Å². The van der Waals surface area contributed by atoms with Gasteiger partial charge in [-0.15, -0.1) is 0 Å². The molecule has 2 aliphatic rings. The van der Waals surface area contributed by atoms with Crippen molar-refractivity contribution in [3.8, 4) is 5.75 Å². The Morgan fingerprint density at radius 3 is 2.59 bits per heavy atom. The lowest BCUT2D eigenvalue weighted by Gasteiger charge is -2.53. The minimum atomic E-state index is -1.66. The molecule has 0 amide bonds. The van der Waals surface area contributed by atoms with Gasteiger partial charge in [0.05, 0.1) is 22.6 Å². The van der Waals surface area contributed by atoms with Gasteiger partial charge in [-0.2, -0.15) is 0 Å². The monoisotopic (exact) mass is 379 g/mol. The Balaban J connectivity index is 1.96. The predicted molar refractivity (Wildman–Crippen MR) is 94.4 cm³/mol. The van der Waals surface area contributed by atoms with E-state index in [1.165, 1.54) is 15.7 Å². The molecule has 1 saturated carbocycles. The van der Waals surface area contributed by atoms with Crippen molar-refractivity contribution in [1.82, 2.24) is 4.57 Å². The number of ether oxygens (including phenoxy) is 1. The molecule has 0 unspecified atom stereocenters. The number of nitrogens with two attached hydrogens (primary N) is 1. The third kappa shape index (κ3) is 2.64. The molecule has 3 N–H and O–H groups in total. The summed E-state index contributed by atoms with van der Waals surface area (Å²) in [6.07, 6.45) is 1.02. The van der Waals surface area contributed by atoms with Gasteiger partial charge in [-0.25, -0.2) is 13.6 Å². The van der Waals surface area contributed by atoms with Gasteiger partial charge in [0, 0.05) is 18.6 Å². The predicted octanol–water partition coefficient (Wildman–Crippen LogP) is 2.60. The highest BCUT2D eigenvalue weighted by Crippen LogP contribution is 2.42. The molecule has 2 heterocycles. The van der Waals surface area contributed by atoms with Gasteiger partial charge in [0.15, 0.2) is 11.6 Å². The van der Waals surface area contributed by atoms with Crippen LogP contribution in [0.3, 0.4) is 0 Å². The molecule has 0 spiro atoms. The number of fused-ring (bicyclic) bond motifs is 1. The number of nitrogens with zero attached hydrogens (tertiary/aromatic N) is 2. The summed E-state index contributed by atoms with van der Waals surface area (Å²) >= 11 is 0. The Hall–Kier alpha value is -2.68. The quantitative estimate of drug-likeness (QED) is 0.796. The van der Waals surface area contributed by atoms with Crippen molar-refractivity contribution in [3.05, 3.63) is 34.1 Å². The van der Waals surface area contributed by atoms with Crippen molar-refractivity contribution in [2.75, 3.05) is 11.4 Å². The first kappa shape index (κ1) is 17.7. The fourth-order valence-electron chi connectivity index (χ4n) is 3.63. The van der Waals surface area contributed by atoms with Crippen LogP contribution in [0.1, 0.15) is 32.7 Å². The number of carboxylic acid groups (broad SMARTS) is 1. The van der Waals surface area contributed by atoms with Crippen molar-refractivity contribution in [2.24, 2.45) is 5.73 Å². The Morgan fingerprint density at radius 1 is 1.41 bits per heavy atom. The highest BCUT2D eigenvalue weighted by Gasteiger charge is 2.45. The fourth-order valence-corrected chi connectivity index (χ4v) is 3.63. The summed E-state index contributed by atoms with van der Waals surface area (Å²) in [6, 6.07) is 0.572. The lowest BCUT2D eigenvalue weighted by Crippen LogP contribution is -2.72. The Bertz CT molecular complexity index is 1030. The van der Waals surface area contributed by atoms with Crippen LogP contribution in [-0.4, -0.2) is 34.0 Å². The van der Waals surface area contributed by atoms with Crippen LogP contribution >= 0.6 is 0 Å². The van der Waals surface area contributed by atoms with E-state index in [9.17, 15) is 14.0 Å². The Morgan fingerprint density at radius 2 is 2.07 bits per heavy atom. The van der Waals surface area contributed by atoms with Gasteiger partial charge in [-0.1, -0.05) is 0 Å². The molecule has 7 nitrogen and oxygen atoms in total. The van der Waals surface area contributed by atoms with E-state index < -0.39 is 34.5 Å². The highest BCUT2D eigenvalue weighted by molar-refractivity contribution is 5.86. The number of halogens is 2. The van der Waals surface area contributed by atoms with Gasteiger partial charge < -0.3 is 25.0 Å². The third-order valence-electron chi connectivity index (χ3n) is 5.51. The molecule has 1 aliphatic heterocycles. The van der Waals surface area contributed by atoms with Crippen LogP contribution in [-0.2, 0) is 0 Å². The summed E-state index contributed by atoms with van der Waals surface area (Å²) < 4.78 is 36.2. The molecular formula is C18H19F2N3O4. The molecule has 0 bridgehead atoms. The van der Waals surface area contributed by atoms with Gasteiger partial charge in [-0.05, 0) is 32.8 Å². The van der Waals surface area contributed by atoms with Crippen LogP contribution in [0.4, 0.5) is 19.3 Å². The Labute approximate surface area is 152 Å². The van der Waals surface area contributed by atoms with Crippen LogP contribution in [0.25, 0.3) is 10.9 Å². The molecule has 2 aromatic rings. The van der Waals surface area contributed by atoms with Crippen molar-refractivity contribution < 1.29 is 23.4 Å². The lowest BCUT2D eigenvalue weighted by molar-refractivity contribution is 0.143. The molecule has 4 rings (SSSR count). The zero-order valence-electron chi connectivity index (χ0n) is 14.8. The van der Waals surface area contributed by atoms with Crippen molar-refractivity contribution in [3.63, 3.8) is 0 Å². The second-order valence-electron chi connectivity index (χ2n) is 7.56. The topological polar surface area (TPSA) is 97.8 Å². The lowest BCUT2D eigenvalue weighted by atomic mass is 9.83. The van der Waals surface area contributed by atoms with Crippen molar-refractivity contribution >= 4 is 22.7 Å². The number of aromatic nitrogens is 1. The van der Waals surface area contributed by atoms with Gasteiger partial charge >= 0.3 is 6.16 Å². The maximum atomic E-state index is 15.4. The first-order valence-electron chi connectivity index (χ1n) is 8.65. The van der Waals surface area contributed by atoms with Gasteiger partial charge in [0.25, 0.3) is 0 Å². The van der Waals surface area contributed by atoms with E-state index in [1.807, 2.05) is 0 Å². The van der Waals surface area contributed by atoms with Crippen molar-refractivity contribution in [2.45, 2.75) is 44.3 Å². The van der Waals surface area contributed by atoms with Crippen LogP contribution in [0.15, 0.2) is 17.1 Å². The molecule has 2 atom stereocenters. The average Bonchev–Trinajstić information content (AvgIpc) is 3.41. The van der Waals surface area contributed by atoms with Gasteiger partial charge in [0.1, 0.15) is 11.5 Å². The summed E-state index contributed by atoms with van der Waals surface area (Å²) in [4.78, 5) is 24.9. The summed E-state index contributed by atoms with van der Waals surface area (Å²) in [6.45, 7) is 3.87. The summed E-state index contributed by atoms with van der Waals surface area (Å²) in [7, 11) is 0. The molecule has 1 aliphatic carbocycles. The molecule has 1 aromatic heterocycles. The maximum Gasteiger partial charge on any atom is 0.511 e. The van der Waals surface area contributed by atoms with Gasteiger partial charge in [-0.3, -0.25) is 4.79 Å². The number of rotatable bonds is 3. The van der Waals surface area contributed by atoms with Crippen LogP contribution in [0.2, 0.25) is 0 Å². The third-order valence-corrected chi connectivity index (χ3v) is 5.51. The van der Waals surface area contributed by atoms with Crippen LogP contribution in [0, 0.1) is 11.6 Å². The number of benzene rings is 1. The molecule has 144 valence electrons. The zero-order valence-corrected chi connectivity index (χ0v) is 14.8. The van der Waals surface area contributed by atoms with Crippen LogP contribution in [0.5, 0.6) is 5.75 Å². The summed E-state index contributed by atoms with van der Waals surface area (Å²) in [5.74, 6) is -2.22. The normalized spacial score (nSPS) is 24.8. The van der Waals surface area contributed by atoms with E-state index in [0.29, 0.717) is 0 Å². The fraction of sp³-hybridized carbons (Fsp3) is 0.444. The smallest absolute Gasteiger partial charge is 0.449 e. The first-order chi connectivity index (χ1) is 12.6. The standard InChI is InChI=1S/C18H19F2N3O4/c1-8-18(2,21)7-23(8)15-11(19)5-10-14(13(15)20)22(9-3-4-9)6-12(16(10)24)27-17(25)26/h5-6,8-9H,3-4,7,21H2,1-2H3,(H,25,26)/t8-,18-/m1/s1.